The van der Waals surface area contributed by atoms with Gasteiger partial charge in [-0.25, -0.2) is 0 Å². The molecule has 0 amide bonds. The van der Waals surface area contributed by atoms with Gasteiger partial charge in [-0.15, -0.1) is 0 Å². The predicted molar refractivity (Wildman–Crippen MR) is 81.9 cm³/mol. The molecule has 0 saturated heterocycles. The summed E-state index contributed by atoms with van der Waals surface area (Å²) in [4.78, 5) is 4.48. The second-order valence-electron chi connectivity index (χ2n) is 6.21. The maximum absolute atomic E-state index is 5.91. The summed E-state index contributed by atoms with van der Waals surface area (Å²) in [6, 6.07) is 3.82. The largest absolute Gasteiger partial charge is 0.476 e. The van der Waals surface area contributed by atoms with Crippen LogP contribution in [0.25, 0.3) is 0 Å². The first kappa shape index (κ1) is 13.5. The molecule has 4 heteroatoms. The molecule has 2 aliphatic carbocycles. The lowest BCUT2D eigenvalue weighted by Gasteiger charge is -2.12. The van der Waals surface area contributed by atoms with Gasteiger partial charge in [0.2, 0.25) is 5.88 Å². The molecule has 2 fully saturated rings. The van der Waals surface area contributed by atoms with Crippen molar-refractivity contribution in [2.75, 3.05) is 24.2 Å². The van der Waals surface area contributed by atoms with Gasteiger partial charge in [-0.3, -0.25) is 0 Å². The highest BCUT2D eigenvalue weighted by Crippen LogP contribution is 2.31. The molecule has 0 spiro atoms. The van der Waals surface area contributed by atoms with Crippen molar-refractivity contribution in [2.24, 2.45) is 11.8 Å². The van der Waals surface area contributed by atoms with Crippen LogP contribution in [0.5, 0.6) is 5.88 Å². The molecule has 0 unspecified atom stereocenters. The summed E-state index contributed by atoms with van der Waals surface area (Å²) in [5, 5.41) is 3.40. The highest BCUT2D eigenvalue weighted by molar-refractivity contribution is 5.53. The van der Waals surface area contributed by atoms with Crippen LogP contribution >= 0.6 is 0 Å². The zero-order valence-electron chi connectivity index (χ0n) is 12.1. The summed E-state index contributed by atoms with van der Waals surface area (Å²) in [6.45, 7) is 1.74. The molecule has 0 aliphatic heterocycles. The lowest BCUT2D eigenvalue weighted by molar-refractivity contribution is 0.290. The van der Waals surface area contributed by atoms with Crippen LogP contribution in [0.1, 0.15) is 44.9 Å². The summed E-state index contributed by atoms with van der Waals surface area (Å²) < 4.78 is 5.71. The maximum Gasteiger partial charge on any atom is 0.239 e. The van der Waals surface area contributed by atoms with Crippen molar-refractivity contribution in [3.8, 4) is 5.88 Å². The molecule has 20 heavy (non-hydrogen) atoms. The van der Waals surface area contributed by atoms with E-state index in [4.69, 9.17) is 10.5 Å². The molecule has 1 heterocycles. The van der Waals surface area contributed by atoms with Crippen LogP contribution < -0.4 is 15.8 Å². The van der Waals surface area contributed by atoms with Gasteiger partial charge in [-0.05, 0) is 43.2 Å². The smallest absolute Gasteiger partial charge is 0.239 e. The Balaban J connectivity index is 1.48. The first-order valence-electron chi connectivity index (χ1n) is 7.94. The standard InChI is InChI=1S/C16H25N3O/c17-14-7-8-15(18-10-9-12-3-1-2-4-12)19-16(14)20-11-13-5-6-13/h7-8,12-13H,1-6,9-11,17H2,(H,18,19). The van der Waals surface area contributed by atoms with Crippen LogP contribution in [-0.4, -0.2) is 18.1 Å². The van der Waals surface area contributed by atoms with Crippen molar-refractivity contribution in [2.45, 2.75) is 44.9 Å². The minimum Gasteiger partial charge on any atom is -0.476 e. The number of rotatable bonds is 7. The maximum atomic E-state index is 5.91. The van der Waals surface area contributed by atoms with Gasteiger partial charge in [-0.2, -0.15) is 4.98 Å². The van der Waals surface area contributed by atoms with Gasteiger partial charge in [0.05, 0.1) is 12.3 Å². The molecule has 1 aromatic rings. The van der Waals surface area contributed by atoms with E-state index >= 15 is 0 Å². The van der Waals surface area contributed by atoms with Crippen molar-refractivity contribution in [1.29, 1.82) is 0 Å². The van der Waals surface area contributed by atoms with Crippen molar-refractivity contribution >= 4 is 11.5 Å². The van der Waals surface area contributed by atoms with E-state index in [0.717, 1.165) is 30.8 Å². The van der Waals surface area contributed by atoms with Crippen LogP contribution in [-0.2, 0) is 0 Å². The normalized spacial score (nSPS) is 19.2. The predicted octanol–water partition coefficient (Wildman–Crippen LogP) is 3.44. The highest BCUT2D eigenvalue weighted by Gasteiger charge is 2.22. The van der Waals surface area contributed by atoms with E-state index in [2.05, 4.69) is 10.3 Å². The zero-order valence-corrected chi connectivity index (χ0v) is 12.1. The van der Waals surface area contributed by atoms with Crippen molar-refractivity contribution < 1.29 is 4.74 Å². The third kappa shape index (κ3) is 3.78. The fourth-order valence-corrected chi connectivity index (χ4v) is 2.85. The summed E-state index contributed by atoms with van der Waals surface area (Å²) in [5.41, 5.74) is 6.54. The van der Waals surface area contributed by atoms with Gasteiger partial charge in [0.25, 0.3) is 0 Å². The highest BCUT2D eigenvalue weighted by atomic mass is 16.5. The summed E-state index contributed by atoms with van der Waals surface area (Å²) in [5.74, 6) is 3.09. The Morgan fingerprint density at radius 2 is 1.95 bits per heavy atom. The summed E-state index contributed by atoms with van der Waals surface area (Å²) in [7, 11) is 0. The lowest BCUT2D eigenvalue weighted by atomic mass is 10.0. The van der Waals surface area contributed by atoms with Crippen LogP contribution in [0, 0.1) is 11.8 Å². The monoisotopic (exact) mass is 275 g/mol. The molecule has 4 nitrogen and oxygen atoms in total. The zero-order chi connectivity index (χ0) is 13.8. The van der Waals surface area contributed by atoms with E-state index in [1.165, 1.54) is 44.9 Å². The van der Waals surface area contributed by atoms with Gasteiger partial charge in [-0.1, -0.05) is 25.7 Å². The van der Waals surface area contributed by atoms with Crippen LogP contribution in [0.2, 0.25) is 0 Å². The molecule has 1 aromatic heterocycles. The fourth-order valence-electron chi connectivity index (χ4n) is 2.85. The van der Waals surface area contributed by atoms with Gasteiger partial charge in [0.15, 0.2) is 0 Å². The molecular weight excluding hydrogens is 250 g/mol. The Hall–Kier alpha value is -1.45. The second-order valence-corrected chi connectivity index (χ2v) is 6.21. The Kier molecular flexibility index (Phi) is 4.28. The number of nitrogens with zero attached hydrogens (tertiary/aromatic N) is 1. The molecule has 2 aliphatic rings. The number of aromatic nitrogens is 1. The number of hydrogen-bond acceptors (Lipinski definition) is 4. The summed E-state index contributed by atoms with van der Waals surface area (Å²) in [6.07, 6.45) is 9.40. The molecule has 2 saturated carbocycles. The van der Waals surface area contributed by atoms with Crippen LogP contribution in [0.3, 0.4) is 0 Å². The minimum absolute atomic E-state index is 0.586. The average Bonchev–Trinajstić information content (AvgIpc) is 3.14. The van der Waals surface area contributed by atoms with E-state index in [1.807, 2.05) is 12.1 Å². The topological polar surface area (TPSA) is 60.2 Å². The number of nitrogens with two attached hydrogens (primary N) is 1. The number of anilines is 2. The number of nitrogens with one attached hydrogen (secondary N) is 1. The molecule has 0 bridgehead atoms. The molecule has 0 aromatic carbocycles. The number of nitrogen functional groups attached to an aromatic ring is 1. The van der Waals surface area contributed by atoms with Crippen LogP contribution in [0.4, 0.5) is 11.5 Å². The van der Waals surface area contributed by atoms with Crippen molar-refractivity contribution in [1.82, 2.24) is 4.98 Å². The van der Waals surface area contributed by atoms with Gasteiger partial charge >= 0.3 is 0 Å². The van der Waals surface area contributed by atoms with Gasteiger partial charge in [0, 0.05) is 6.54 Å². The quantitative estimate of drug-likeness (QED) is 0.800. The van der Waals surface area contributed by atoms with E-state index in [1.54, 1.807) is 0 Å². The minimum atomic E-state index is 0.586. The third-order valence-corrected chi connectivity index (χ3v) is 4.38. The van der Waals surface area contributed by atoms with Crippen molar-refractivity contribution in [3.05, 3.63) is 12.1 Å². The third-order valence-electron chi connectivity index (χ3n) is 4.38. The van der Waals surface area contributed by atoms with E-state index in [9.17, 15) is 0 Å². The first-order chi connectivity index (χ1) is 9.81. The van der Waals surface area contributed by atoms with Gasteiger partial charge in [0.1, 0.15) is 5.82 Å². The average molecular weight is 275 g/mol. The van der Waals surface area contributed by atoms with Crippen LogP contribution in [0.15, 0.2) is 12.1 Å². The molecular formula is C16H25N3O. The van der Waals surface area contributed by atoms with Gasteiger partial charge < -0.3 is 15.8 Å². The Bertz CT molecular complexity index is 439. The van der Waals surface area contributed by atoms with E-state index in [-0.39, 0.29) is 0 Å². The summed E-state index contributed by atoms with van der Waals surface area (Å²) >= 11 is 0. The van der Waals surface area contributed by atoms with E-state index in [0.29, 0.717) is 11.6 Å². The van der Waals surface area contributed by atoms with E-state index < -0.39 is 0 Å². The lowest BCUT2D eigenvalue weighted by Crippen LogP contribution is -2.09. The molecule has 3 rings (SSSR count). The first-order valence-corrected chi connectivity index (χ1v) is 7.94. The molecule has 0 atom stereocenters. The molecule has 110 valence electrons. The number of pyridine rings is 1. The number of ether oxygens (including phenoxy) is 1. The fraction of sp³-hybridized carbons (Fsp3) is 0.688. The second kappa shape index (κ2) is 6.33. The molecule has 3 N–H and O–H groups in total. The Morgan fingerprint density at radius 1 is 1.15 bits per heavy atom. The Labute approximate surface area is 121 Å². The Morgan fingerprint density at radius 3 is 2.70 bits per heavy atom. The SMILES string of the molecule is Nc1ccc(NCCC2CCCC2)nc1OCC1CC1. The van der Waals surface area contributed by atoms with Crippen molar-refractivity contribution in [3.63, 3.8) is 0 Å². The molecule has 0 radical (unpaired) electrons. The number of hydrogen-bond donors (Lipinski definition) is 2.